The minimum Gasteiger partial charge on any atom is -0.376 e. The highest BCUT2D eigenvalue weighted by Gasteiger charge is 2.40. The highest BCUT2D eigenvalue weighted by Crippen LogP contribution is 2.39. The molecule has 0 amide bonds. The van der Waals surface area contributed by atoms with E-state index in [0.717, 1.165) is 55.8 Å². The van der Waals surface area contributed by atoms with Crippen LogP contribution >= 0.6 is 0 Å². The molecule has 2 N–H and O–H groups in total. The van der Waals surface area contributed by atoms with E-state index >= 15 is 0 Å². The van der Waals surface area contributed by atoms with Crippen LogP contribution in [0.25, 0.3) is 0 Å². The van der Waals surface area contributed by atoms with E-state index in [1.807, 2.05) is 6.07 Å². The molecule has 2 heterocycles. The lowest BCUT2D eigenvalue weighted by Gasteiger charge is -2.20. The van der Waals surface area contributed by atoms with E-state index in [1.54, 1.807) is 0 Å². The number of nitrogens with zero attached hydrogens (tertiary/aromatic N) is 2. The van der Waals surface area contributed by atoms with Gasteiger partial charge < -0.3 is 15.4 Å². The van der Waals surface area contributed by atoms with Crippen molar-refractivity contribution in [3.05, 3.63) is 11.9 Å². The fraction of sp³-hybridized carbons (Fsp3) is 0.750. The molecule has 5 heteroatoms. The number of nitrogens with one attached hydrogen (secondary N) is 2. The van der Waals surface area contributed by atoms with Crippen LogP contribution in [0.3, 0.4) is 0 Å². The zero-order chi connectivity index (χ0) is 14.7. The van der Waals surface area contributed by atoms with Crippen molar-refractivity contribution in [2.45, 2.75) is 58.1 Å². The molecule has 0 radical (unpaired) electrons. The van der Waals surface area contributed by atoms with Gasteiger partial charge in [-0.3, -0.25) is 0 Å². The molecule has 21 heavy (non-hydrogen) atoms. The summed E-state index contributed by atoms with van der Waals surface area (Å²) in [6, 6.07) is 2.42. The molecular weight excluding hydrogens is 264 g/mol. The zero-order valence-electron chi connectivity index (χ0n) is 13.1. The number of ether oxygens (including phenoxy) is 1. The van der Waals surface area contributed by atoms with Gasteiger partial charge in [-0.05, 0) is 38.5 Å². The van der Waals surface area contributed by atoms with Crippen LogP contribution < -0.4 is 10.6 Å². The van der Waals surface area contributed by atoms with Gasteiger partial charge in [0.15, 0.2) is 0 Å². The topological polar surface area (TPSA) is 59.1 Å². The quantitative estimate of drug-likeness (QED) is 0.808. The first-order valence-corrected chi connectivity index (χ1v) is 8.30. The number of aryl methyl sites for hydroxylation is 1. The van der Waals surface area contributed by atoms with Gasteiger partial charge in [0.2, 0.25) is 0 Å². The van der Waals surface area contributed by atoms with E-state index in [0.29, 0.717) is 12.1 Å². The molecule has 2 atom stereocenters. The van der Waals surface area contributed by atoms with Crippen molar-refractivity contribution in [3.8, 4) is 0 Å². The van der Waals surface area contributed by atoms with E-state index in [2.05, 4.69) is 34.4 Å². The molecule has 2 fully saturated rings. The summed E-state index contributed by atoms with van der Waals surface area (Å²) in [6.45, 7) is 5.98. The summed E-state index contributed by atoms with van der Waals surface area (Å²) < 4.78 is 5.90. The Hall–Kier alpha value is -1.36. The van der Waals surface area contributed by atoms with Crippen molar-refractivity contribution in [2.24, 2.45) is 5.92 Å². The van der Waals surface area contributed by atoms with Gasteiger partial charge in [-0.25, -0.2) is 9.97 Å². The average molecular weight is 290 g/mol. The molecule has 1 aliphatic heterocycles. The third kappa shape index (κ3) is 3.64. The molecule has 2 unspecified atom stereocenters. The highest BCUT2D eigenvalue weighted by atomic mass is 16.5. The van der Waals surface area contributed by atoms with E-state index in [-0.39, 0.29) is 0 Å². The molecule has 0 aromatic carbocycles. The average Bonchev–Trinajstić information content (AvgIpc) is 3.20. The minimum atomic E-state index is 0.372. The Morgan fingerprint density at radius 2 is 2.00 bits per heavy atom. The summed E-state index contributed by atoms with van der Waals surface area (Å²) in [5.41, 5.74) is 0. The van der Waals surface area contributed by atoms with Gasteiger partial charge in [0.25, 0.3) is 0 Å². The maximum Gasteiger partial charge on any atom is 0.133 e. The highest BCUT2D eigenvalue weighted by molar-refractivity contribution is 5.48. The van der Waals surface area contributed by atoms with Crippen LogP contribution in [0.2, 0.25) is 0 Å². The molecule has 1 saturated carbocycles. The third-order valence-electron chi connectivity index (χ3n) is 4.16. The first-order valence-electron chi connectivity index (χ1n) is 8.30. The van der Waals surface area contributed by atoms with Crippen LogP contribution in [0, 0.1) is 5.92 Å². The fourth-order valence-electron chi connectivity index (χ4n) is 3.02. The van der Waals surface area contributed by atoms with Crippen LogP contribution in [0.1, 0.15) is 45.4 Å². The van der Waals surface area contributed by atoms with Crippen molar-refractivity contribution in [2.75, 3.05) is 23.8 Å². The molecule has 3 rings (SSSR count). The first-order chi connectivity index (χ1) is 10.3. The lowest BCUT2D eigenvalue weighted by atomic mass is 10.1. The van der Waals surface area contributed by atoms with Gasteiger partial charge in [-0.1, -0.05) is 6.92 Å². The molecule has 116 valence electrons. The summed E-state index contributed by atoms with van der Waals surface area (Å²) in [7, 11) is 0. The molecule has 1 aromatic rings. The Bertz CT molecular complexity index is 451. The first kappa shape index (κ1) is 14.6. The maximum absolute atomic E-state index is 5.90. The molecule has 2 aliphatic rings. The van der Waals surface area contributed by atoms with Crippen LogP contribution in [0.15, 0.2) is 6.07 Å². The third-order valence-corrected chi connectivity index (χ3v) is 4.16. The Morgan fingerprint density at radius 1 is 1.19 bits per heavy atom. The summed E-state index contributed by atoms with van der Waals surface area (Å²) in [5.74, 6) is 3.53. The second-order valence-electron chi connectivity index (χ2n) is 6.05. The van der Waals surface area contributed by atoms with E-state index < -0.39 is 0 Å². The van der Waals surface area contributed by atoms with Gasteiger partial charge in [0.1, 0.15) is 17.5 Å². The number of rotatable bonds is 7. The molecule has 1 aromatic heterocycles. The normalized spacial score (nSPS) is 25.0. The van der Waals surface area contributed by atoms with Crippen molar-refractivity contribution >= 4 is 11.6 Å². The summed E-state index contributed by atoms with van der Waals surface area (Å²) >= 11 is 0. The largest absolute Gasteiger partial charge is 0.376 e. The Morgan fingerprint density at radius 3 is 2.71 bits per heavy atom. The summed E-state index contributed by atoms with van der Waals surface area (Å²) in [6.07, 6.45) is 6.06. The van der Waals surface area contributed by atoms with Crippen LogP contribution in [0.5, 0.6) is 0 Å². The predicted molar refractivity (Wildman–Crippen MR) is 84.7 cm³/mol. The lowest BCUT2D eigenvalue weighted by molar-refractivity contribution is 0.0898. The SMILES string of the molecule is CCCc1nc(NCC)cc(NC2CCOC2C2CC2)n1. The van der Waals surface area contributed by atoms with Crippen molar-refractivity contribution in [1.82, 2.24) is 9.97 Å². The number of hydrogen-bond acceptors (Lipinski definition) is 5. The second-order valence-corrected chi connectivity index (χ2v) is 6.05. The number of hydrogen-bond donors (Lipinski definition) is 2. The molecular formula is C16H26N4O. The molecule has 5 nitrogen and oxygen atoms in total. The van der Waals surface area contributed by atoms with E-state index in [9.17, 15) is 0 Å². The smallest absolute Gasteiger partial charge is 0.133 e. The monoisotopic (exact) mass is 290 g/mol. The maximum atomic E-state index is 5.90. The zero-order valence-corrected chi connectivity index (χ0v) is 13.1. The van der Waals surface area contributed by atoms with Crippen molar-refractivity contribution in [3.63, 3.8) is 0 Å². The van der Waals surface area contributed by atoms with E-state index in [1.165, 1.54) is 12.8 Å². The number of anilines is 2. The Balaban J connectivity index is 1.73. The molecule has 1 aliphatic carbocycles. The van der Waals surface area contributed by atoms with Gasteiger partial charge >= 0.3 is 0 Å². The Kier molecular flexibility index (Phi) is 4.58. The Labute approximate surface area is 126 Å². The summed E-state index contributed by atoms with van der Waals surface area (Å²) in [4.78, 5) is 9.23. The lowest BCUT2D eigenvalue weighted by Crippen LogP contribution is -2.31. The molecule has 0 bridgehead atoms. The van der Waals surface area contributed by atoms with E-state index in [4.69, 9.17) is 4.74 Å². The van der Waals surface area contributed by atoms with Crippen LogP contribution in [-0.4, -0.2) is 35.3 Å². The summed E-state index contributed by atoms with van der Waals surface area (Å²) in [5, 5.41) is 6.89. The minimum absolute atomic E-state index is 0.372. The van der Waals surface area contributed by atoms with Gasteiger partial charge in [0.05, 0.1) is 12.1 Å². The predicted octanol–water partition coefficient (Wildman–Crippen LogP) is 2.84. The number of aromatic nitrogens is 2. The standard InChI is InChI=1S/C16H26N4O/c1-3-5-13-19-14(17-4-2)10-15(20-13)18-12-8-9-21-16(12)11-6-7-11/h10-12,16H,3-9H2,1-2H3,(H2,17,18,19,20). The van der Waals surface area contributed by atoms with Crippen molar-refractivity contribution < 1.29 is 4.74 Å². The van der Waals surface area contributed by atoms with Gasteiger partial charge in [-0.15, -0.1) is 0 Å². The fourth-order valence-corrected chi connectivity index (χ4v) is 3.02. The molecule has 0 spiro atoms. The van der Waals surface area contributed by atoms with Gasteiger partial charge in [-0.2, -0.15) is 0 Å². The van der Waals surface area contributed by atoms with Crippen LogP contribution in [0.4, 0.5) is 11.6 Å². The van der Waals surface area contributed by atoms with Crippen molar-refractivity contribution in [1.29, 1.82) is 0 Å². The van der Waals surface area contributed by atoms with Crippen LogP contribution in [-0.2, 0) is 11.2 Å². The molecule has 1 saturated heterocycles. The second kappa shape index (κ2) is 6.60. The van der Waals surface area contributed by atoms with Gasteiger partial charge in [0, 0.05) is 25.6 Å².